The topological polar surface area (TPSA) is 74.8 Å². The van der Waals surface area contributed by atoms with E-state index in [1.54, 1.807) is 24.4 Å². The van der Waals surface area contributed by atoms with Crippen LogP contribution in [0, 0.1) is 0 Å². The summed E-state index contributed by atoms with van der Waals surface area (Å²) in [5.41, 5.74) is 2.20. The molecule has 0 radical (unpaired) electrons. The number of aromatic nitrogens is 2. The molecule has 0 aliphatic heterocycles. The zero-order valence-electron chi connectivity index (χ0n) is 11.5. The summed E-state index contributed by atoms with van der Waals surface area (Å²) < 4.78 is 27.6. The summed E-state index contributed by atoms with van der Waals surface area (Å²) in [6.07, 6.45) is 3.93. The predicted octanol–water partition coefficient (Wildman–Crippen LogP) is 2.93. The molecule has 108 valence electrons. The average Bonchev–Trinajstić information content (AvgIpc) is 2.92. The van der Waals surface area contributed by atoms with Gasteiger partial charge in [0.15, 0.2) is 0 Å². The maximum atomic E-state index is 12.5. The fourth-order valence-corrected chi connectivity index (χ4v) is 3.43. The number of fused-ring (bicyclic) bond motifs is 1. The molecule has 0 atom stereocenters. The molecule has 2 N–H and O–H groups in total. The fraction of sp³-hybridized carbons (Fsp3) is 0.133. The minimum absolute atomic E-state index is 0.201. The molecule has 2 heterocycles. The number of pyridine rings is 1. The van der Waals surface area contributed by atoms with Gasteiger partial charge in [-0.15, -0.1) is 0 Å². The Balaban J connectivity index is 2.00. The smallest absolute Gasteiger partial charge is 0.264 e. The lowest BCUT2D eigenvalue weighted by Gasteiger charge is -2.08. The molecule has 3 aromatic rings. The number of hydrogen-bond acceptors (Lipinski definition) is 3. The standard InChI is InChI=1S/C15H15N3O2S/c1-2-11-5-3-6-12(9-11)18-21(19,20)14-10-17-15-13(14)7-4-8-16-15/h3-10,18H,2H2,1H3,(H,16,17). The van der Waals surface area contributed by atoms with E-state index in [0.29, 0.717) is 16.7 Å². The van der Waals surface area contributed by atoms with E-state index >= 15 is 0 Å². The number of benzene rings is 1. The number of aryl methyl sites for hydroxylation is 1. The Morgan fingerprint density at radius 1 is 1.24 bits per heavy atom. The van der Waals surface area contributed by atoms with Gasteiger partial charge < -0.3 is 4.98 Å². The Bertz CT molecular complexity index is 885. The van der Waals surface area contributed by atoms with E-state index in [-0.39, 0.29) is 4.90 Å². The number of H-pyrrole nitrogens is 1. The Morgan fingerprint density at radius 2 is 2.10 bits per heavy atom. The zero-order valence-corrected chi connectivity index (χ0v) is 12.3. The molecule has 3 rings (SSSR count). The average molecular weight is 301 g/mol. The molecule has 0 unspecified atom stereocenters. The van der Waals surface area contributed by atoms with E-state index in [9.17, 15) is 8.42 Å². The van der Waals surface area contributed by atoms with Crippen LogP contribution in [0.15, 0.2) is 53.7 Å². The summed E-state index contributed by atoms with van der Waals surface area (Å²) >= 11 is 0. The maximum absolute atomic E-state index is 12.5. The van der Waals surface area contributed by atoms with E-state index < -0.39 is 10.0 Å². The van der Waals surface area contributed by atoms with Gasteiger partial charge in [-0.3, -0.25) is 4.72 Å². The highest BCUT2D eigenvalue weighted by Gasteiger charge is 2.19. The van der Waals surface area contributed by atoms with Crippen molar-refractivity contribution in [1.82, 2.24) is 9.97 Å². The van der Waals surface area contributed by atoms with Crippen molar-refractivity contribution in [2.24, 2.45) is 0 Å². The molecular weight excluding hydrogens is 286 g/mol. The van der Waals surface area contributed by atoms with Gasteiger partial charge in [-0.05, 0) is 36.2 Å². The normalized spacial score (nSPS) is 11.7. The first-order chi connectivity index (χ1) is 10.1. The van der Waals surface area contributed by atoms with Crippen molar-refractivity contribution in [3.05, 3.63) is 54.4 Å². The van der Waals surface area contributed by atoms with Gasteiger partial charge >= 0.3 is 0 Å². The van der Waals surface area contributed by atoms with Gasteiger partial charge in [0, 0.05) is 23.5 Å². The second-order valence-corrected chi connectivity index (χ2v) is 6.36. The van der Waals surface area contributed by atoms with Crippen LogP contribution in [0.1, 0.15) is 12.5 Å². The zero-order chi connectivity index (χ0) is 14.9. The van der Waals surface area contributed by atoms with Crippen molar-refractivity contribution >= 4 is 26.7 Å². The molecule has 5 nitrogen and oxygen atoms in total. The van der Waals surface area contributed by atoms with Crippen LogP contribution >= 0.6 is 0 Å². The van der Waals surface area contributed by atoms with Crippen LogP contribution in [0.3, 0.4) is 0 Å². The highest BCUT2D eigenvalue weighted by atomic mass is 32.2. The third kappa shape index (κ3) is 2.62. The second kappa shape index (κ2) is 5.21. The van der Waals surface area contributed by atoms with Crippen molar-refractivity contribution in [2.45, 2.75) is 18.2 Å². The summed E-state index contributed by atoms with van der Waals surface area (Å²) in [4.78, 5) is 7.18. The molecule has 0 spiro atoms. The lowest BCUT2D eigenvalue weighted by molar-refractivity contribution is 0.602. The second-order valence-electron chi connectivity index (χ2n) is 4.71. The molecular formula is C15H15N3O2S. The van der Waals surface area contributed by atoms with Gasteiger partial charge in [0.05, 0.1) is 0 Å². The first-order valence-corrected chi connectivity index (χ1v) is 8.12. The number of sulfonamides is 1. The quantitative estimate of drug-likeness (QED) is 0.778. The molecule has 21 heavy (non-hydrogen) atoms. The Hall–Kier alpha value is -2.34. The number of nitrogens with one attached hydrogen (secondary N) is 2. The monoisotopic (exact) mass is 301 g/mol. The van der Waals surface area contributed by atoms with Crippen LogP contribution in [0.2, 0.25) is 0 Å². The van der Waals surface area contributed by atoms with Crippen molar-refractivity contribution in [3.63, 3.8) is 0 Å². The Labute approximate surface area is 123 Å². The van der Waals surface area contributed by atoms with Gasteiger partial charge in [-0.1, -0.05) is 19.1 Å². The highest BCUT2D eigenvalue weighted by Crippen LogP contribution is 2.23. The molecule has 0 bridgehead atoms. The van der Waals surface area contributed by atoms with Crippen LogP contribution in [0.25, 0.3) is 11.0 Å². The Kier molecular flexibility index (Phi) is 3.39. The van der Waals surface area contributed by atoms with Gasteiger partial charge in [-0.2, -0.15) is 0 Å². The van der Waals surface area contributed by atoms with E-state index in [2.05, 4.69) is 14.7 Å². The van der Waals surface area contributed by atoms with Crippen LogP contribution in [-0.4, -0.2) is 18.4 Å². The molecule has 0 aliphatic rings. The summed E-state index contributed by atoms with van der Waals surface area (Å²) in [5, 5.41) is 0.580. The van der Waals surface area contributed by atoms with Crippen LogP contribution < -0.4 is 4.72 Å². The fourth-order valence-electron chi connectivity index (χ4n) is 2.22. The Morgan fingerprint density at radius 3 is 2.90 bits per heavy atom. The number of anilines is 1. The third-order valence-electron chi connectivity index (χ3n) is 3.29. The van der Waals surface area contributed by atoms with Crippen molar-refractivity contribution < 1.29 is 8.42 Å². The largest absolute Gasteiger partial charge is 0.345 e. The van der Waals surface area contributed by atoms with Crippen molar-refractivity contribution in [1.29, 1.82) is 0 Å². The van der Waals surface area contributed by atoms with E-state index in [0.717, 1.165) is 12.0 Å². The van der Waals surface area contributed by atoms with Gasteiger partial charge in [0.1, 0.15) is 10.5 Å². The van der Waals surface area contributed by atoms with Gasteiger partial charge in [-0.25, -0.2) is 13.4 Å². The van der Waals surface area contributed by atoms with Crippen molar-refractivity contribution in [2.75, 3.05) is 4.72 Å². The summed E-state index contributed by atoms with van der Waals surface area (Å²) in [7, 11) is -3.64. The van der Waals surface area contributed by atoms with Crippen LogP contribution in [-0.2, 0) is 16.4 Å². The number of hydrogen-bond donors (Lipinski definition) is 2. The number of nitrogens with zero attached hydrogens (tertiary/aromatic N) is 1. The van der Waals surface area contributed by atoms with Crippen LogP contribution in [0.5, 0.6) is 0 Å². The first kappa shape index (κ1) is 13.6. The summed E-state index contributed by atoms with van der Waals surface area (Å²) in [6.45, 7) is 2.03. The first-order valence-electron chi connectivity index (χ1n) is 6.64. The summed E-state index contributed by atoms with van der Waals surface area (Å²) in [6, 6.07) is 10.8. The summed E-state index contributed by atoms with van der Waals surface area (Å²) in [5.74, 6) is 0. The molecule has 0 saturated carbocycles. The molecule has 1 aromatic carbocycles. The maximum Gasteiger partial charge on any atom is 0.264 e. The minimum atomic E-state index is -3.64. The minimum Gasteiger partial charge on any atom is -0.345 e. The predicted molar refractivity (Wildman–Crippen MR) is 82.7 cm³/mol. The molecule has 0 fully saturated rings. The van der Waals surface area contributed by atoms with Crippen molar-refractivity contribution in [3.8, 4) is 0 Å². The number of rotatable bonds is 4. The van der Waals surface area contributed by atoms with E-state index in [1.165, 1.54) is 6.20 Å². The molecule has 6 heteroatoms. The molecule has 0 saturated heterocycles. The molecule has 0 amide bonds. The lowest BCUT2D eigenvalue weighted by atomic mass is 10.1. The van der Waals surface area contributed by atoms with E-state index in [4.69, 9.17) is 0 Å². The SMILES string of the molecule is CCc1cccc(NS(=O)(=O)c2c[nH]c3ncccc23)c1. The van der Waals surface area contributed by atoms with E-state index in [1.807, 2.05) is 25.1 Å². The molecule has 2 aromatic heterocycles. The number of aromatic amines is 1. The van der Waals surface area contributed by atoms with Gasteiger partial charge in [0.25, 0.3) is 10.0 Å². The highest BCUT2D eigenvalue weighted by molar-refractivity contribution is 7.93. The van der Waals surface area contributed by atoms with Crippen LogP contribution in [0.4, 0.5) is 5.69 Å². The van der Waals surface area contributed by atoms with Gasteiger partial charge in [0.2, 0.25) is 0 Å². The molecule has 0 aliphatic carbocycles. The third-order valence-corrected chi connectivity index (χ3v) is 4.71. The lowest BCUT2D eigenvalue weighted by Crippen LogP contribution is -2.12.